The highest BCUT2D eigenvalue weighted by molar-refractivity contribution is 7.09. The van der Waals surface area contributed by atoms with Gasteiger partial charge in [0.2, 0.25) is 5.91 Å². The number of fused-ring (bicyclic) bond motifs is 1. The van der Waals surface area contributed by atoms with Crippen LogP contribution in [0.2, 0.25) is 5.02 Å². The van der Waals surface area contributed by atoms with Gasteiger partial charge in [0.1, 0.15) is 6.04 Å². The lowest BCUT2D eigenvalue weighted by molar-refractivity contribution is -0.119. The molecule has 4 rings (SSSR count). The van der Waals surface area contributed by atoms with Crippen molar-refractivity contribution >= 4 is 46.3 Å². The minimum Gasteiger partial charge on any atom is -0.324 e. The van der Waals surface area contributed by atoms with E-state index in [-0.39, 0.29) is 6.42 Å². The van der Waals surface area contributed by atoms with E-state index in [1.165, 1.54) is 11.3 Å². The third kappa shape index (κ3) is 3.44. The van der Waals surface area contributed by atoms with Gasteiger partial charge in [0.25, 0.3) is 11.8 Å². The van der Waals surface area contributed by atoms with Crippen molar-refractivity contribution in [2.45, 2.75) is 12.5 Å². The van der Waals surface area contributed by atoms with E-state index >= 15 is 0 Å². The maximum atomic E-state index is 13.1. The highest BCUT2D eigenvalue weighted by atomic mass is 35.5. The number of carbonyl (C=O) groups is 3. The Balaban J connectivity index is 1.67. The van der Waals surface area contributed by atoms with Crippen molar-refractivity contribution in [2.24, 2.45) is 0 Å². The SMILES string of the molecule is O=C(Nc1cccc(Cl)c1)C(Cc1cccs1)N1C(=O)c2ccccc2C1=O. The molecule has 0 saturated heterocycles. The smallest absolute Gasteiger partial charge is 0.262 e. The maximum absolute atomic E-state index is 13.1. The molecule has 1 unspecified atom stereocenters. The molecule has 1 aliphatic rings. The van der Waals surface area contributed by atoms with Crippen molar-refractivity contribution in [1.29, 1.82) is 0 Å². The van der Waals surface area contributed by atoms with Gasteiger partial charge in [-0.15, -0.1) is 11.3 Å². The first-order valence-electron chi connectivity index (χ1n) is 8.60. The second kappa shape index (κ2) is 7.58. The number of nitrogens with one attached hydrogen (secondary N) is 1. The quantitative estimate of drug-likeness (QED) is 0.639. The Hall–Kier alpha value is -2.96. The average molecular weight is 411 g/mol. The van der Waals surface area contributed by atoms with Crippen LogP contribution in [0, 0.1) is 0 Å². The van der Waals surface area contributed by atoms with Crippen LogP contribution in [0.3, 0.4) is 0 Å². The summed E-state index contributed by atoms with van der Waals surface area (Å²) < 4.78 is 0. The summed E-state index contributed by atoms with van der Waals surface area (Å²) in [5.41, 5.74) is 1.14. The van der Waals surface area contributed by atoms with E-state index in [9.17, 15) is 14.4 Å². The van der Waals surface area contributed by atoms with E-state index < -0.39 is 23.8 Å². The van der Waals surface area contributed by atoms with Crippen LogP contribution in [0.5, 0.6) is 0 Å². The Kier molecular flexibility index (Phi) is 4.98. The fourth-order valence-electron chi connectivity index (χ4n) is 3.20. The van der Waals surface area contributed by atoms with E-state index in [2.05, 4.69) is 5.32 Å². The average Bonchev–Trinajstić information content (AvgIpc) is 3.28. The summed E-state index contributed by atoms with van der Waals surface area (Å²) in [7, 11) is 0. The molecule has 0 bridgehead atoms. The summed E-state index contributed by atoms with van der Waals surface area (Å²) in [6.07, 6.45) is 0.246. The van der Waals surface area contributed by atoms with Crippen LogP contribution < -0.4 is 5.32 Å². The third-order valence-corrected chi connectivity index (χ3v) is 5.64. The van der Waals surface area contributed by atoms with E-state index in [0.717, 1.165) is 9.78 Å². The van der Waals surface area contributed by atoms with E-state index in [1.54, 1.807) is 48.5 Å². The van der Waals surface area contributed by atoms with Crippen LogP contribution in [-0.2, 0) is 11.2 Å². The highest BCUT2D eigenvalue weighted by Gasteiger charge is 2.42. The molecule has 1 N–H and O–H groups in total. The number of carbonyl (C=O) groups excluding carboxylic acids is 3. The number of amides is 3. The van der Waals surface area contributed by atoms with Crippen molar-refractivity contribution in [2.75, 3.05) is 5.32 Å². The number of rotatable bonds is 5. The predicted octanol–water partition coefficient (Wildman–Crippen LogP) is 4.25. The van der Waals surface area contributed by atoms with E-state index in [0.29, 0.717) is 21.8 Å². The molecule has 3 aromatic rings. The Morgan fingerprint density at radius 3 is 2.32 bits per heavy atom. The minimum atomic E-state index is -0.968. The zero-order chi connectivity index (χ0) is 19.7. The van der Waals surface area contributed by atoms with Crippen LogP contribution in [0.25, 0.3) is 0 Å². The van der Waals surface area contributed by atoms with Gasteiger partial charge in [0, 0.05) is 22.0 Å². The summed E-state index contributed by atoms with van der Waals surface area (Å²) in [4.78, 5) is 40.8. The minimum absolute atomic E-state index is 0.246. The van der Waals surface area contributed by atoms with Crippen LogP contribution >= 0.6 is 22.9 Å². The fraction of sp³-hybridized carbons (Fsp3) is 0.0952. The molecule has 0 spiro atoms. The van der Waals surface area contributed by atoms with Gasteiger partial charge in [-0.05, 0) is 41.8 Å². The molecule has 28 heavy (non-hydrogen) atoms. The van der Waals surface area contributed by atoms with Gasteiger partial charge >= 0.3 is 0 Å². The molecular formula is C21H15ClN2O3S. The molecule has 7 heteroatoms. The number of thiophene rings is 1. The van der Waals surface area contributed by atoms with Crippen LogP contribution in [0.15, 0.2) is 66.0 Å². The second-order valence-corrected chi connectivity index (χ2v) is 7.79. The number of halogens is 1. The van der Waals surface area contributed by atoms with Crippen molar-refractivity contribution in [3.8, 4) is 0 Å². The van der Waals surface area contributed by atoms with Gasteiger partial charge in [-0.25, -0.2) is 0 Å². The molecule has 0 saturated carbocycles. The van der Waals surface area contributed by atoms with E-state index in [4.69, 9.17) is 11.6 Å². The number of nitrogens with zero attached hydrogens (tertiary/aromatic N) is 1. The van der Waals surface area contributed by atoms with Crippen molar-refractivity contribution in [3.63, 3.8) is 0 Å². The first kappa shape index (κ1) is 18.4. The standard InChI is InChI=1S/C21H15ClN2O3S/c22-13-5-3-6-14(11-13)23-19(25)18(12-15-7-4-10-28-15)24-20(26)16-8-1-2-9-17(16)21(24)27/h1-11,18H,12H2,(H,23,25). The van der Waals surface area contributed by atoms with Gasteiger partial charge in [0.05, 0.1) is 11.1 Å². The largest absolute Gasteiger partial charge is 0.324 e. The summed E-state index contributed by atoms with van der Waals surface area (Å²) in [5, 5.41) is 5.15. The van der Waals surface area contributed by atoms with Gasteiger partial charge in [-0.1, -0.05) is 35.9 Å². The summed E-state index contributed by atoms with van der Waals surface area (Å²) >= 11 is 7.46. The summed E-state index contributed by atoms with van der Waals surface area (Å²) in [5.74, 6) is -1.35. The molecule has 3 amide bonds. The van der Waals surface area contributed by atoms with Crippen LogP contribution in [0.4, 0.5) is 5.69 Å². The zero-order valence-electron chi connectivity index (χ0n) is 14.6. The topological polar surface area (TPSA) is 66.5 Å². The van der Waals surface area contributed by atoms with Crippen molar-refractivity contribution in [3.05, 3.63) is 87.1 Å². The Morgan fingerprint density at radius 1 is 1.00 bits per heavy atom. The Labute approximate surface area is 170 Å². The molecule has 0 aliphatic carbocycles. The second-order valence-electron chi connectivity index (χ2n) is 6.32. The molecule has 5 nitrogen and oxygen atoms in total. The number of anilines is 1. The van der Waals surface area contributed by atoms with Crippen molar-refractivity contribution in [1.82, 2.24) is 4.90 Å². The number of hydrogen-bond donors (Lipinski definition) is 1. The Morgan fingerprint density at radius 2 is 1.71 bits per heavy atom. The lowest BCUT2D eigenvalue weighted by Gasteiger charge is -2.25. The summed E-state index contributed by atoms with van der Waals surface area (Å²) in [6.45, 7) is 0. The highest BCUT2D eigenvalue weighted by Crippen LogP contribution is 2.27. The number of benzene rings is 2. The molecule has 1 atom stereocenters. The van der Waals surface area contributed by atoms with Crippen LogP contribution in [0.1, 0.15) is 25.6 Å². The molecule has 0 fully saturated rings. The van der Waals surface area contributed by atoms with Crippen molar-refractivity contribution < 1.29 is 14.4 Å². The summed E-state index contributed by atoms with van der Waals surface area (Å²) in [6, 6.07) is 16.1. The van der Waals surface area contributed by atoms with E-state index in [1.807, 2.05) is 17.5 Å². The third-order valence-electron chi connectivity index (χ3n) is 4.51. The van der Waals surface area contributed by atoms with Crippen LogP contribution in [-0.4, -0.2) is 28.7 Å². The molecule has 1 aromatic heterocycles. The monoisotopic (exact) mass is 410 g/mol. The first-order valence-corrected chi connectivity index (χ1v) is 9.86. The molecule has 140 valence electrons. The molecule has 1 aliphatic heterocycles. The predicted molar refractivity (Wildman–Crippen MR) is 109 cm³/mol. The molecule has 0 radical (unpaired) electrons. The lowest BCUT2D eigenvalue weighted by atomic mass is 10.1. The molecule has 2 aromatic carbocycles. The first-order chi connectivity index (χ1) is 13.5. The molecular weight excluding hydrogens is 396 g/mol. The van der Waals surface area contributed by atoms with Gasteiger partial charge < -0.3 is 5.32 Å². The normalized spacial score (nSPS) is 14.1. The van der Waals surface area contributed by atoms with Gasteiger partial charge in [-0.2, -0.15) is 0 Å². The molecule has 2 heterocycles. The van der Waals surface area contributed by atoms with Gasteiger partial charge in [0.15, 0.2) is 0 Å². The number of imide groups is 1. The number of hydrogen-bond acceptors (Lipinski definition) is 4. The Bertz CT molecular complexity index is 1030. The fourth-order valence-corrected chi connectivity index (χ4v) is 4.14. The zero-order valence-corrected chi connectivity index (χ0v) is 16.2. The lowest BCUT2D eigenvalue weighted by Crippen LogP contribution is -2.48. The van der Waals surface area contributed by atoms with Gasteiger partial charge in [-0.3, -0.25) is 19.3 Å². The maximum Gasteiger partial charge on any atom is 0.262 e.